The maximum Gasteiger partial charge on any atom is 0.234 e. The number of thioether (sulfide) groups is 1. The third kappa shape index (κ3) is 4.87. The van der Waals surface area contributed by atoms with Crippen molar-refractivity contribution < 1.29 is 4.79 Å². The molecule has 2 rings (SSSR count). The Morgan fingerprint density at radius 3 is 2.42 bits per heavy atom. The summed E-state index contributed by atoms with van der Waals surface area (Å²) in [5.41, 5.74) is 5.04. The lowest BCUT2D eigenvalue weighted by atomic mass is 10.0. The molecule has 2 aromatic carbocycles. The quantitative estimate of drug-likeness (QED) is 0.805. The van der Waals surface area contributed by atoms with Crippen molar-refractivity contribution >= 4 is 23.4 Å². The second-order valence-corrected chi connectivity index (χ2v) is 6.50. The Hall–Kier alpha value is -2.25. The number of amides is 1. The predicted molar refractivity (Wildman–Crippen MR) is 101 cm³/mol. The first-order valence-electron chi connectivity index (χ1n) is 8.15. The van der Waals surface area contributed by atoms with Crippen LogP contribution >= 0.6 is 11.8 Å². The largest absolute Gasteiger partial charge is 0.325 e. The molecule has 0 aliphatic heterocycles. The highest BCUT2D eigenvalue weighted by atomic mass is 32.2. The summed E-state index contributed by atoms with van der Waals surface area (Å²) in [5, 5.41) is 12.0. The van der Waals surface area contributed by atoms with Crippen LogP contribution in [-0.4, -0.2) is 11.7 Å². The number of hydrogen-bond acceptors (Lipinski definition) is 3. The molecule has 3 nitrogen and oxygen atoms in total. The van der Waals surface area contributed by atoms with Gasteiger partial charge in [0.2, 0.25) is 5.91 Å². The number of anilines is 1. The van der Waals surface area contributed by atoms with Crippen molar-refractivity contribution in [1.82, 2.24) is 0 Å². The molecule has 0 aromatic heterocycles. The first-order chi connectivity index (χ1) is 11.7. The minimum atomic E-state index is 0.0204. The second-order valence-electron chi connectivity index (χ2n) is 5.51. The molecule has 4 heteroatoms. The van der Waals surface area contributed by atoms with E-state index in [9.17, 15) is 4.79 Å². The zero-order valence-corrected chi connectivity index (χ0v) is 15.0. The number of carbonyl (C=O) groups is 1. The maximum absolute atomic E-state index is 12.3. The van der Waals surface area contributed by atoms with E-state index in [1.54, 1.807) is 17.8 Å². The molecule has 0 aliphatic rings. The van der Waals surface area contributed by atoms with E-state index in [-0.39, 0.29) is 5.91 Å². The van der Waals surface area contributed by atoms with Gasteiger partial charge in [-0.25, -0.2) is 0 Å². The SMILES string of the molecule is CCc1cccc(CC)c1NC(=O)CSCc1cccc(C#N)c1. The fourth-order valence-corrected chi connectivity index (χ4v) is 3.35. The van der Waals surface area contributed by atoms with Gasteiger partial charge in [-0.1, -0.05) is 44.2 Å². The smallest absolute Gasteiger partial charge is 0.234 e. The van der Waals surface area contributed by atoms with Gasteiger partial charge in [0.1, 0.15) is 0 Å². The van der Waals surface area contributed by atoms with Crippen molar-refractivity contribution in [3.8, 4) is 6.07 Å². The number of para-hydroxylation sites is 1. The van der Waals surface area contributed by atoms with Gasteiger partial charge in [-0.3, -0.25) is 4.79 Å². The summed E-state index contributed by atoms with van der Waals surface area (Å²) in [6.45, 7) is 4.20. The first-order valence-corrected chi connectivity index (χ1v) is 9.30. The summed E-state index contributed by atoms with van der Waals surface area (Å²) >= 11 is 1.56. The minimum absolute atomic E-state index is 0.0204. The highest BCUT2D eigenvalue weighted by Crippen LogP contribution is 2.23. The molecule has 0 fully saturated rings. The van der Waals surface area contributed by atoms with Crippen molar-refractivity contribution in [2.24, 2.45) is 0 Å². The van der Waals surface area contributed by atoms with Crippen LogP contribution in [0.4, 0.5) is 5.69 Å². The molecule has 0 aliphatic carbocycles. The molecule has 0 saturated heterocycles. The summed E-state index contributed by atoms with van der Waals surface area (Å²) in [4.78, 5) is 12.3. The van der Waals surface area contributed by atoms with Crippen LogP contribution in [0.25, 0.3) is 0 Å². The Balaban J connectivity index is 1.93. The number of benzene rings is 2. The molecule has 0 bridgehead atoms. The van der Waals surface area contributed by atoms with Crippen LogP contribution in [0.3, 0.4) is 0 Å². The van der Waals surface area contributed by atoms with E-state index >= 15 is 0 Å². The van der Waals surface area contributed by atoms with E-state index in [0.29, 0.717) is 11.3 Å². The normalized spacial score (nSPS) is 10.2. The highest BCUT2D eigenvalue weighted by molar-refractivity contribution is 7.99. The van der Waals surface area contributed by atoms with Crippen LogP contribution in [0.2, 0.25) is 0 Å². The fourth-order valence-electron chi connectivity index (χ4n) is 2.57. The van der Waals surface area contributed by atoms with E-state index < -0.39 is 0 Å². The Morgan fingerprint density at radius 2 is 1.79 bits per heavy atom. The van der Waals surface area contributed by atoms with Gasteiger partial charge in [0.05, 0.1) is 17.4 Å². The van der Waals surface area contributed by atoms with Crippen molar-refractivity contribution in [3.05, 3.63) is 64.7 Å². The van der Waals surface area contributed by atoms with Gasteiger partial charge < -0.3 is 5.32 Å². The number of rotatable bonds is 7. The van der Waals surface area contributed by atoms with Crippen LogP contribution in [0.5, 0.6) is 0 Å². The van der Waals surface area contributed by atoms with Crippen LogP contribution in [0.1, 0.15) is 36.1 Å². The molecule has 24 heavy (non-hydrogen) atoms. The molecule has 0 radical (unpaired) electrons. The van der Waals surface area contributed by atoms with Crippen molar-refractivity contribution in [3.63, 3.8) is 0 Å². The third-order valence-electron chi connectivity index (χ3n) is 3.82. The molecule has 0 spiro atoms. The summed E-state index contributed by atoms with van der Waals surface area (Å²) in [6.07, 6.45) is 1.80. The van der Waals surface area contributed by atoms with Gasteiger partial charge in [0.25, 0.3) is 0 Å². The van der Waals surface area contributed by atoms with Crippen LogP contribution in [0.15, 0.2) is 42.5 Å². The van der Waals surface area contributed by atoms with Crippen molar-refractivity contribution in [2.75, 3.05) is 11.1 Å². The van der Waals surface area contributed by atoms with Gasteiger partial charge in [0.15, 0.2) is 0 Å². The Bertz CT molecular complexity index is 727. The number of nitrogens with one attached hydrogen (secondary N) is 1. The third-order valence-corrected chi connectivity index (χ3v) is 4.83. The number of nitrogens with zero attached hydrogens (tertiary/aromatic N) is 1. The molecular formula is C20H22N2OS. The lowest BCUT2D eigenvalue weighted by Crippen LogP contribution is -2.16. The van der Waals surface area contributed by atoms with E-state index in [1.165, 1.54) is 11.1 Å². The summed E-state index contributed by atoms with van der Waals surface area (Å²) in [5.74, 6) is 1.14. The highest BCUT2D eigenvalue weighted by Gasteiger charge is 2.10. The van der Waals surface area contributed by atoms with Crippen molar-refractivity contribution in [2.45, 2.75) is 32.4 Å². The first kappa shape index (κ1) is 18.1. The van der Waals surface area contributed by atoms with Crippen LogP contribution in [0, 0.1) is 11.3 Å². The summed E-state index contributed by atoms with van der Waals surface area (Å²) in [7, 11) is 0. The molecule has 0 unspecified atom stereocenters. The average Bonchev–Trinajstić information content (AvgIpc) is 2.62. The van der Waals surface area contributed by atoms with Gasteiger partial charge in [-0.15, -0.1) is 11.8 Å². The van der Waals surface area contributed by atoms with Gasteiger partial charge >= 0.3 is 0 Å². The van der Waals surface area contributed by atoms with Crippen molar-refractivity contribution in [1.29, 1.82) is 5.26 Å². The van der Waals surface area contributed by atoms with Crippen LogP contribution < -0.4 is 5.32 Å². The van der Waals surface area contributed by atoms with E-state index in [2.05, 4.69) is 37.4 Å². The summed E-state index contributed by atoms with van der Waals surface area (Å²) < 4.78 is 0. The second kappa shape index (κ2) is 9.14. The fraction of sp³-hybridized carbons (Fsp3) is 0.300. The number of nitriles is 1. The Kier molecular flexibility index (Phi) is 6.89. The van der Waals surface area contributed by atoms with Gasteiger partial charge in [0, 0.05) is 11.4 Å². The molecule has 0 heterocycles. The van der Waals surface area contributed by atoms with Gasteiger partial charge in [-0.05, 0) is 41.7 Å². The maximum atomic E-state index is 12.3. The van der Waals surface area contributed by atoms with Crippen LogP contribution in [-0.2, 0) is 23.4 Å². The molecule has 0 saturated carbocycles. The molecule has 2 aromatic rings. The summed E-state index contributed by atoms with van der Waals surface area (Å²) in [6, 6.07) is 15.8. The van der Waals surface area contributed by atoms with E-state index in [1.807, 2.05) is 24.3 Å². The topological polar surface area (TPSA) is 52.9 Å². The zero-order chi connectivity index (χ0) is 17.4. The monoisotopic (exact) mass is 338 g/mol. The van der Waals surface area contributed by atoms with E-state index in [0.717, 1.165) is 29.8 Å². The molecular weight excluding hydrogens is 316 g/mol. The van der Waals surface area contributed by atoms with E-state index in [4.69, 9.17) is 5.26 Å². The molecule has 1 amide bonds. The van der Waals surface area contributed by atoms with Gasteiger partial charge in [-0.2, -0.15) is 5.26 Å². The molecule has 1 N–H and O–H groups in total. The lowest BCUT2D eigenvalue weighted by Gasteiger charge is -2.14. The number of aryl methyl sites for hydroxylation is 2. The Labute approximate surface area is 148 Å². The number of carbonyl (C=O) groups excluding carboxylic acids is 1. The average molecular weight is 338 g/mol. The lowest BCUT2D eigenvalue weighted by molar-refractivity contribution is -0.113. The zero-order valence-electron chi connectivity index (χ0n) is 14.1. The molecule has 0 atom stereocenters. The number of hydrogen-bond donors (Lipinski definition) is 1. The predicted octanol–water partition coefficient (Wildman–Crippen LogP) is 4.55. The standard InChI is InChI=1S/C20H22N2OS/c1-3-17-9-6-10-18(4-2)20(17)22-19(23)14-24-13-16-8-5-7-15(11-16)12-21/h5-11H,3-4,13-14H2,1-2H3,(H,22,23). The Morgan fingerprint density at radius 1 is 1.12 bits per heavy atom. The minimum Gasteiger partial charge on any atom is -0.325 e. The molecule has 124 valence electrons.